The predicted octanol–water partition coefficient (Wildman–Crippen LogP) is 12.0. The Balaban J connectivity index is 1.18. The minimum atomic E-state index is -0.690. The number of nitrogens with one attached hydrogen (secondary N) is 3. The number of carbonyl (C=O) groups is 6. The maximum absolute atomic E-state index is 12.9. The molecule has 6 rings (SSSR count). The normalized spacial score (nSPS) is 12.0. The first-order valence-corrected chi connectivity index (χ1v) is 31.1. The highest BCUT2D eigenvalue weighted by molar-refractivity contribution is 7.99. The molecule has 88 heavy (non-hydrogen) atoms. The van der Waals surface area contributed by atoms with Crippen LogP contribution in [0.25, 0.3) is 0 Å². The molecule has 0 radical (unpaired) electrons. The summed E-state index contributed by atoms with van der Waals surface area (Å²) in [6.45, 7) is 15.4. The molecule has 0 saturated carbocycles. The highest BCUT2D eigenvalue weighted by Gasteiger charge is 2.23. The van der Waals surface area contributed by atoms with E-state index in [2.05, 4.69) is 35.7 Å². The minimum absolute atomic E-state index is 0.0343. The van der Waals surface area contributed by atoms with E-state index >= 15 is 0 Å². The number of rotatable bonds is 36. The van der Waals surface area contributed by atoms with E-state index in [9.17, 15) is 28.8 Å². The average molecular weight is 1260 g/mol. The third-order valence-corrected chi connectivity index (χ3v) is 15.6. The first kappa shape index (κ1) is 68.3. The summed E-state index contributed by atoms with van der Waals surface area (Å²) in [5.74, 6) is 0.766. The molecule has 0 fully saturated rings. The van der Waals surface area contributed by atoms with Crippen LogP contribution in [0.4, 0.5) is 14.4 Å². The van der Waals surface area contributed by atoms with Crippen molar-refractivity contribution in [1.82, 2.24) is 16.0 Å². The Morgan fingerprint density at radius 1 is 0.375 bits per heavy atom. The van der Waals surface area contributed by atoms with Gasteiger partial charge >= 0.3 is 36.2 Å². The standard InChI is InChI=1S/C67H73N3O15S3/c1-46(2)62(71)77-37-34-68-65(74)83-55(43-86-58-16-10-7-11-17-58)40-80-52-28-22-49(23-29-52)61(50-24-30-53(31-25-50)81-41-56(44-87-59-18-12-8-13-19-59)84-66(75)69-35-38-78-63(72)47(3)4)51-26-32-54(33-27-51)82-42-57(45-88-60-20-14-9-15-21-60)85-67(76)70-36-39-79-64(73)48(5)6/h7-33,55-57,61H,1,3,5,34-45H2,2,4,6H3,(H,68,74)(H,69,75)(H,70,76). The lowest BCUT2D eigenvalue weighted by Gasteiger charge is -2.22. The Bertz CT molecular complexity index is 2850. The number of hydrogen-bond acceptors (Lipinski definition) is 18. The van der Waals surface area contributed by atoms with Crippen LogP contribution in [-0.2, 0) is 42.8 Å². The largest absolute Gasteiger partial charge is 0.490 e. The Kier molecular flexibility index (Phi) is 29.3. The average Bonchev–Trinajstić information content (AvgIpc) is 2.73. The van der Waals surface area contributed by atoms with Crippen molar-refractivity contribution in [3.05, 3.63) is 217 Å². The monoisotopic (exact) mass is 1260 g/mol. The van der Waals surface area contributed by atoms with Gasteiger partial charge in [-0.2, -0.15) is 0 Å². The van der Waals surface area contributed by atoms with Crippen molar-refractivity contribution in [3.63, 3.8) is 0 Å². The second-order valence-corrected chi connectivity index (χ2v) is 22.8. The molecule has 0 heterocycles. The van der Waals surface area contributed by atoms with E-state index in [-0.39, 0.29) is 81.9 Å². The fourth-order valence-electron chi connectivity index (χ4n) is 7.72. The maximum atomic E-state index is 12.9. The van der Waals surface area contributed by atoms with Crippen molar-refractivity contribution < 1.29 is 71.4 Å². The van der Waals surface area contributed by atoms with Gasteiger partial charge in [-0.1, -0.05) is 111 Å². The fraction of sp³-hybridized carbons (Fsp3) is 0.284. The molecule has 0 spiro atoms. The molecule has 6 aromatic carbocycles. The first-order chi connectivity index (χ1) is 42.6. The van der Waals surface area contributed by atoms with Gasteiger partial charge in [-0.25, -0.2) is 28.8 Å². The minimum Gasteiger partial charge on any atom is -0.490 e. The highest BCUT2D eigenvalue weighted by Crippen LogP contribution is 2.35. The van der Waals surface area contributed by atoms with Gasteiger partial charge in [0.1, 0.15) is 75.2 Å². The summed E-state index contributed by atoms with van der Waals surface area (Å²) in [4.78, 5) is 77.3. The molecule has 0 aliphatic rings. The number of hydrogen-bond donors (Lipinski definition) is 3. The van der Waals surface area contributed by atoms with Crippen molar-refractivity contribution in [2.24, 2.45) is 0 Å². The van der Waals surface area contributed by atoms with Gasteiger partial charge in [0, 0.05) is 54.6 Å². The van der Waals surface area contributed by atoms with Gasteiger partial charge < -0.3 is 58.6 Å². The van der Waals surface area contributed by atoms with Crippen LogP contribution in [0.3, 0.4) is 0 Å². The van der Waals surface area contributed by atoms with Crippen LogP contribution in [0.15, 0.2) is 215 Å². The summed E-state index contributed by atoms with van der Waals surface area (Å²) in [6.07, 6.45) is -4.08. The zero-order valence-electron chi connectivity index (χ0n) is 49.4. The van der Waals surface area contributed by atoms with Crippen molar-refractivity contribution >= 4 is 71.5 Å². The zero-order chi connectivity index (χ0) is 62.9. The van der Waals surface area contributed by atoms with Crippen molar-refractivity contribution in [2.45, 2.75) is 59.7 Å². The third-order valence-electron chi connectivity index (χ3n) is 12.2. The van der Waals surface area contributed by atoms with E-state index < -0.39 is 54.5 Å². The third kappa shape index (κ3) is 25.7. The van der Waals surface area contributed by atoms with Gasteiger partial charge in [-0.15, -0.1) is 35.3 Å². The quantitative estimate of drug-likeness (QED) is 0.00831. The fourth-order valence-corrected chi connectivity index (χ4v) is 10.4. The second kappa shape index (κ2) is 37.7. The maximum Gasteiger partial charge on any atom is 0.407 e. The molecule has 0 aromatic heterocycles. The van der Waals surface area contributed by atoms with Gasteiger partial charge in [-0.05, 0) is 110 Å². The number of esters is 3. The van der Waals surface area contributed by atoms with Gasteiger partial charge in [0.05, 0.1) is 19.6 Å². The lowest BCUT2D eigenvalue weighted by atomic mass is 9.85. The summed E-state index contributed by atoms with van der Waals surface area (Å²) in [5, 5.41) is 7.88. The second-order valence-electron chi connectivity index (χ2n) is 19.6. The molecule has 3 unspecified atom stereocenters. The zero-order valence-corrected chi connectivity index (χ0v) is 51.8. The number of alkyl carbamates (subject to hydrolysis) is 3. The van der Waals surface area contributed by atoms with E-state index in [1.54, 1.807) is 0 Å². The first-order valence-electron chi connectivity index (χ1n) is 28.1. The summed E-state index contributed by atoms with van der Waals surface area (Å²) in [6, 6.07) is 52.0. The van der Waals surface area contributed by atoms with E-state index in [4.69, 9.17) is 42.6 Å². The SMILES string of the molecule is C=C(C)C(=O)OCCNC(=O)OC(COc1ccc(C(c2ccc(OCC(CSc3ccccc3)OC(=O)NCCOC(=O)C(=C)C)cc2)c2ccc(OCC(CSc3ccccc3)OC(=O)NCCOC(=O)C(=C)C)cc2)cc1)CSc1ccccc1. The lowest BCUT2D eigenvalue weighted by Crippen LogP contribution is -2.35. The number of thioether (sulfide) groups is 3. The Labute approximate surface area is 526 Å². The molecule has 21 heteroatoms. The van der Waals surface area contributed by atoms with Crippen molar-refractivity contribution in [1.29, 1.82) is 0 Å². The molecule has 0 aliphatic carbocycles. The van der Waals surface area contributed by atoms with E-state index in [0.29, 0.717) is 34.5 Å². The van der Waals surface area contributed by atoms with Crippen LogP contribution in [-0.4, -0.2) is 131 Å². The molecule has 6 aromatic rings. The van der Waals surface area contributed by atoms with Crippen LogP contribution < -0.4 is 30.2 Å². The molecule has 3 N–H and O–H groups in total. The van der Waals surface area contributed by atoms with E-state index in [0.717, 1.165) is 31.4 Å². The topological polar surface area (TPSA) is 222 Å². The molecule has 0 bridgehead atoms. The number of ether oxygens (including phenoxy) is 9. The van der Waals surface area contributed by atoms with Crippen LogP contribution in [0.1, 0.15) is 43.4 Å². The highest BCUT2D eigenvalue weighted by atomic mass is 32.2. The summed E-state index contributed by atoms with van der Waals surface area (Å²) >= 11 is 4.53. The van der Waals surface area contributed by atoms with Crippen LogP contribution >= 0.6 is 35.3 Å². The summed E-state index contributed by atoms with van der Waals surface area (Å²) in [7, 11) is 0. The summed E-state index contributed by atoms with van der Waals surface area (Å²) in [5.41, 5.74) is 3.48. The molecular formula is C67H73N3O15S3. The number of carbonyl (C=O) groups excluding carboxylic acids is 6. The van der Waals surface area contributed by atoms with Crippen molar-refractivity contribution in [3.8, 4) is 17.2 Å². The van der Waals surface area contributed by atoms with Gasteiger partial charge in [-0.3, -0.25) is 0 Å². The molecule has 18 nitrogen and oxygen atoms in total. The smallest absolute Gasteiger partial charge is 0.407 e. The Morgan fingerprint density at radius 2 is 0.625 bits per heavy atom. The molecule has 3 atom stereocenters. The number of benzene rings is 6. The van der Waals surface area contributed by atoms with Crippen LogP contribution in [0.5, 0.6) is 17.2 Å². The van der Waals surface area contributed by atoms with Gasteiger partial charge in [0.25, 0.3) is 0 Å². The Hall–Kier alpha value is -8.79. The molecule has 0 saturated heterocycles. The molecule has 464 valence electrons. The molecule has 3 amide bonds. The predicted molar refractivity (Wildman–Crippen MR) is 340 cm³/mol. The lowest BCUT2D eigenvalue weighted by molar-refractivity contribution is -0.139. The van der Waals surface area contributed by atoms with Crippen LogP contribution in [0.2, 0.25) is 0 Å². The Morgan fingerprint density at radius 3 is 0.864 bits per heavy atom. The van der Waals surface area contributed by atoms with Gasteiger partial charge in [0.15, 0.2) is 0 Å². The number of amides is 3. The van der Waals surface area contributed by atoms with Crippen molar-refractivity contribution in [2.75, 3.05) is 76.5 Å². The molecular weight excluding hydrogens is 1180 g/mol. The van der Waals surface area contributed by atoms with Crippen LogP contribution in [0, 0.1) is 0 Å². The van der Waals surface area contributed by atoms with Gasteiger partial charge in [0.2, 0.25) is 0 Å². The molecule has 0 aliphatic heterocycles. The van der Waals surface area contributed by atoms with E-state index in [1.165, 1.54) is 56.1 Å². The van der Waals surface area contributed by atoms with E-state index in [1.807, 2.05) is 164 Å². The summed E-state index contributed by atoms with van der Waals surface area (Å²) < 4.78 is 51.5.